The van der Waals surface area contributed by atoms with Crippen LogP contribution in [0.1, 0.15) is 32.1 Å². The number of rotatable bonds is 3. The van der Waals surface area contributed by atoms with Crippen LogP contribution in [0.25, 0.3) is 0 Å². The Labute approximate surface area is 106 Å². The van der Waals surface area contributed by atoms with Crippen molar-refractivity contribution >= 4 is 0 Å². The van der Waals surface area contributed by atoms with Gasteiger partial charge in [0.25, 0.3) is 0 Å². The summed E-state index contributed by atoms with van der Waals surface area (Å²) in [7, 11) is 0. The second kappa shape index (κ2) is 6.27. The SMILES string of the molecule is OC[C@H]1O[C@H](OC2CCCCC2)[C@H](O)[C@@H](O)[C@@H]1O. The van der Waals surface area contributed by atoms with E-state index in [4.69, 9.17) is 14.6 Å². The van der Waals surface area contributed by atoms with Gasteiger partial charge in [0.15, 0.2) is 6.29 Å². The Kier molecular flexibility index (Phi) is 4.94. The highest BCUT2D eigenvalue weighted by molar-refractivity contribution is 4.89. The third kappa shape index (κ3) is 3.01. The van der Waals surface area contributed by atoms with Gasteiger partial charge in [-0.25, -0.2) is 0 Å². The van der Waals surface area contributed by atoms with E-state index in [1.807, 2.05) is 0 Å². The highest BCUT2D eigenvalue weighted by Gasteiger charge is 2.44. The number of aliphatic hydroxyl groups is 4. The Morgan fingerprint density at radius 1 is 0.944 bits per heavy atom. The van der Waals surface area contributed by atoms with Crippen molar-refractivity contribution in [1.82, 2.24) is 0 Å². The van der Waals surface area contributed by atoms with Crippen LogP contribution in [0.15, 0.2) is 0 Å². The van der Waals surface area contributed by atoms with Gasteiger partial charge in [0.2, 0.25) is 0 Å². The van der Waals surface area contributed by atoms with Gasteiger partial charge in [0.1, 0.15) is 24.4 Å². The predicted octanol–water partition coefficient (Wildman–Crippen LogP) is -0.864. The molecular formula is C12H22O6. The Morgan fingerprint density at radius 3 is 2.22 bits per heavy atom. The lowest BCUT2D eigenvalue weighted by molar-refractivity contribution is -0.312. The molecular weight excluding hydrogens is 240 g/mol. The van der Waals surface area contributed by atoms with Gasteiger partial charge in [-0.1, -0.05) is 19.3 Å². The zero-order valence-electron chi connectivity index (χ0n) is 10.3. The van der Waals surface area contributed by atoms with Gasteiger partial charge in [-0.05, 0) is 12.8 Å². The lowest BCUT2D eigenvalue weighted by Gasteiger charge is -2.41. The van der Waals surface area contributed by atoms with E-state index in [-0.39, 0.29) is 6.10 Å². The zero-order chi connectivity index (χ0) is 13.1. The van der Waals surface area contributed by atoms with Crippen molar-refractivity contribution in [3.05, 3.63) is 0 Å². The van der Waals surface area contributed by atoms with Crippen molar-refractivity contribution in [2.24, 2.45) is 0 Å². The maximum Gasteiger partial charge on any atom is 0.186 e. The van der Waals surface area contributed by atoms with Gasteiger partial charge in [0, 0.05) is 0 Å². The van der Waals surface area contributed by atoms with Crippen LogP contribution in [-0.4, -0.2) is 63.8 Å². The Morgan fingerprint density at radius 2 is 1.61 bits per heavy atom. The van der Waals surface area contributed by atoms with Crippen molar-refractivity contribution in [1.29, 1.82) is 0 Å². The molecule has 4 N–H and O–H groups in total. The molecule has 5 atom stereocenters. The molecule has 0 radical (unpaired) electrons. The average Bonchev–Trinajstić information content (AvgIpc) is 2.40. The van der Waals surface area contributed by atoms with E-state index in [1.165, 1.54) is 6.42 Å². The second-order valence-corrected chi connectivity index (χ2v) is 5.09. The number of hydrogen-bond donors (Lipinski definition) is 4. The maximum absolute atomic E-state index is 9.81. The minimum absolute atomic E-state index is 0.0141. The van der Waals surface area contributed by atoms with Gasteiger partial charge < -0.3 is 29.9 Å². The van der Waals surface area contributed by atoms with Crippen molar-refractivity contribution < 1.29 is 29.9 Å². The first-order valence-corrected chi connectivity index (χ1v) is 6.59. The molecule has 2 aliphatic rings. The molecule has 0 amide bonds. The Bertz CT molecular complexity index is 253. The standard InChI is InChI=1S/C12H22O6/c13-6-8-9(14)10(15)11(16)12(18-8)17-7-4-2-1-3-5-7/h7-16H,1-6H2/t8-,9-,10+,11-,12+/m1/s1. The smallest absolute Gasteiger partial charge is 0.186 e. The van der Waals surface area contributed by atoms with Crippen LogP contribution in [0.3, 0.4) is 0 Å². The van der Waals surface area contributed by atoms with E-state index in [0.717, 1.165) is 25.7 Å². The third-order valence-corrected chi connectivity index (χ3v) is 3.73. The normalized spacial score (nSPS) is 43.0. The molecule has 6 nitrogen and oxygen atoms in total. The molecule has 0 aromatic carbocycles. The fourth-order valence-electron chi connectivity index (χ4n) is 2.57. The van der Waals surface area contributed by atoms with Crippen LogP contribution < -0.4 is 0 Å². The minimum atomic E-state index is -1.36. The molecule has 6 heteroatoms. The summed E-state index contributed by atoms with van der Waals surface area (Å²) < 4.78 is 10.9. The summed E-state index contributed by atoms with van der Waals surface area (Å²) in [5, 5.41) is 38.1. The molecule has 0 unspecified atom stereocenters. The van der Waals surface area contributed by atoms with Crippen LogP contribution in [-0.2, 0) is 9.47 Å². The van der Waals surface area contributed by atoms with E-state index < -0.39 is 37.3 Å². The lowest BCUT2D eigenvalue weighted by Crippen LogP contribution is -2.59. The molecule has 1 aliphatic carbocycles. The molecule has 2 rings (SSSR count). The highest BCUT2D eigenvalue weighted by atomic mass is 16.7. The van der Waals surface area contributed by atoms with E-state index in [0.29, 0.717) is 0 Å². The van der Waals surface area contributed by atoms with Crippen LogP contribution in [0, 0.1) is 0 Å². The number of ether oxygens (including phenoxy) is 2. The van der Waals surface area contributed by atoms with Crippen molar-refractivity contribution in [2.45, 2.75) is 68.9 Å². The maximum atomic E-state index is 9.81. The van der Waals surface area contributed by atoms with Gasteiger partial charge in [-0.3, -0.25) is 0 Å². The highest BCUT2D eigenvalue weighted by Crippen LogP contribution is 2.27. The third-order valence-electron chi connectivity index (χ3n) is 3.73. The minimum Gasteiger partial charge on any atom is -0.394 e. The molecule has 1 heterocycles. The van der Waals surface area contributed by atoms with Crippen LogP contribution >= 0.6 is 0 Å². The summed E-state index contributed by atoms with van der Waals surface area (Å²) in [5.41, 5.74) is 0. The fraction of sp³-hybridized carbons (Fsp3) is 1.00. The topological polar surface area (TPSA) is 99.4 Å². The molecule has 1 aliphatic heterocycles. The lowest BCUT2D eigenvalue weighted by atomic mass is 9.96. The largest absolute Gasteiger partial charge is 0.394 e. The number of hydrogen-bond acceptors (Lipinski definition) is 6. The van der Waals surface area contributed by atoms with E-state index in [2.05, 4.69) is 0 Å². The molecule has 106 valence electrons. The first-order valence-electron chi connectivity index (χ1n) is 6.59. The molecule has 18 heavy (non-hydrogen) atoms. The zero-order valence-corrected chi connectivity index (χ0v) is 10.3. The van der Waals surface area contributed by atoms with Gasteiger partial charge in [-0.15, -0.1) is 0 Å². The van der Waals surface area contributed by atoms with E-state index >= 15 is 0 Å². The van der Waals surface area contributed by atoms with E-state index in [1.54, 1.807) is 0 Å². The second-order valence-electron chi connectivity index (χ2n) is 5.09. The van der Waals surface area contributed by atoms with Crippen LogP contribution in [0.2, 0.25) is 0 Å². The molecule has 0 spiro atoms. The molecule has 0 aromatic rings. The van der Waals surface area contributed by atoms with Crippen LogP contribution in [0.4, 0.5) is 0 Å². The summed E-state index contributed by atoms with van der Waals surface area (Å²) in [6, 6.07) is 0. The first-order chi connectivity index (χ1) is 8.63. The Balaban J connectivity index is 1.93. The summed E-state index contributed by atoms with van der Waals surface area (Å²) in [6.07, 6.45) is -0.644. The summed E-state index contributed by atoms with van der Waals surface area (Å²) in [4.78, 5) is 0. The summed E-state index contributed by atoms with van der Waals surface area (Å²) in [5.74, 6) is 0. The summed E-state index contributed by atoms with van der Waals surface area (Å²) in [6.45, 7) is -0.421. The van der Waals surface area contributed by atoms with E-state index in [9.17, 15) is 15.3 Å². The predicted molar refractivity (Wildman–Crippen MR) is 61.7 cm³/mol. The van der Waals surface area contributed by atoms with Crippen molar-refractivity contribution in [3.8, 4) is 0 Å². The van der Waals surface area contributed by atoms with Crippen LogP contribution in [0.5, 0.6) is 0 Å². The van der Waals surface area contributed by atoms with Crippen molar-refractivity contribution in [2.75, 3.05) is 6.61 Å². The van der Waals surface area contributed by atoms with Gasteiger partial charge in [0.05, 0.1) is 12.7 Å². The average molecular weight is 262 g/mol. The monoisotopic (exact) mass is 262 g/mol. The van der Waals surface area contributed by atoms with Crippen molar-refractivity contribution in [3.63, 3.8) is 0 Å². The molecule has 0 aromatic heterocycles. The molecule has 2 fully saturated rings. The fourth-order valence-corrected chi connectivity index (χ4v) is 2.57. The number of aliphatic hydroxyl groups excluding tert-OH is 4. The molecule has 1 saturated heterocycles. The van der Waals surface area contributed by atoms with Gasteiger partial charge in [-0.2, -0.15) is 0 Å². The first kappa shape index (κ1) is 14.2. The molecule has 1 saturated carbocycles. The summed E-state index contributed by atoms with van der Waals surface area (Å²) >= 11 is 0. The van der Waals surface area contributed by atoms with Gasteiger partial charge >= 0.3 is 0 Å². The molecule has 0 bridgehead atoms. The quantitative estimate of drug-likeness (QED) is 0.528. The Hall–Kier alpha value is -0.240.